The molecule has 0 aliphatic heterocycles. The van der Waals surface area contributed by atoms with E-state index in [9.17, 15) is 0 Å². The van der Waals surface area contributed by atoms with Crippen molar-refractivity contribution >= 4 is 65.6 Å². The van der Waals surface area contributed by atoms with Gasteiger partial charge in [0.15, 0.2) is 0 Å². The van der Waals surface area contributed by atoms with Gasteiger partial charge in [-0.2, -0.15) is 0 Å². The Morgan fingerprint density at radius 1 is 0.413 bits per heavy atom. The van der Waals surface area contributed by atoms with Crippen LogP contribution in [0.4, 0.5) is 0 Å². The van der Waals surface area contributed by atoms with Crippen LogP contribution < -0.4 is 0 Å². The Hall–Kier alpha value is -6.26. The normalized spacial score (nSPS) is 11.9. The number of rotatable bonds is 3. The molecule has 214 valence electrons. The number of furan rings is 1. The van der Waals surface area contributed by atoms with Crippen molar-refractivity contribution in [1.82, 2.24) is 14.5 Å². The quantitative estimate of drug-likeness (QED) is 0.207. The Bertz CT molecular complexity index is 2790. The van der Waals surface area contributed by atoms with Crippen LogP contribution in [0.15, 0.2) is 156 Å². The van der Waals surface area contributed by atoms with Gasteiger partial charge in [-0.05, 0) is 53.9 Å². The first-order valence-corrected chi connectivity index (χ1v) is 15.5. The van der Waals surface area contributed by atoms with E-state index in [1.165, 1.54) is 32.6 Å². The van der Waals surface area contributed by atoms with Gasteiger partial charge >= 0.3 is 0 Å². The zero-order chi connectivity index (χ0) is 30.2. The van der Waals surface area contributed by atoms with Crippen molar-refractivity contribution in [3.63, 3.8) is 0 Å². The Kier molecular flexibility index (Phi) is 5.25. The summed E-state index contributed by atoms with van der Waals surface area (Å²) in [6, 6.07) is 53.0. The first-order chi connectivity index (χ1) is 22.8. The predicted octanol–water partition coefficient (Wildman–Crippen LogP) is 11.1. The third kappa shape index (κ3) is 3.61. The van der Waals surface area contributed by atoms with Crippen molar-refractivity contribution in [2.75, 3.05) is 0 Å². The molecule has 0 unspecified atom stereocenters. The fourth-order valence-electron chi connectivity index (χ4n) is 7.12. The smallest absolute Gasteiger partial charge is 0.136 e. The highest BCUT2D eigenvalue weighted by Gasteiger charge is 2.19. The van der Waals surface area contributed by atoms with E-state index in [0.717, 1.165) is 61.2 Å². The lowest BCUT2D eigenvalue weighted by atomic mass is 10.0. The largest absolute Gasteiger partial charge is 0.456 e. The lowest BCUT2D eigenvalue weighted by Crippen LogP contribution is -1.97. The van der Waals surface area contributed by atoms with Crippen molar-refractivity contribution in [2.24, 2.45) is 0 Å². The molecule has 0 aliphatic carbocycles. The highest BCUT2D eigenvalue weighted by atomic mass is 16.3. The molecule has 10 rings (SSSR count). The summed E-state index contributed by atoms with van der Waals surface area (Å²) in [5.74, 6) is 0. The monoisotopic (exact) mass is 587 g/mol. The second-order valence-corrected chi connectivity index (χ2v) is 11.8. The Morgan fingerprint density at radius 2 is 1.00 bits per heavy atom. The van der Waals surface area contributed by atoms with E-state index in [0.29, 0.717) is 0 Å². The molecule has 4 heteroatoms. The number of hydrogen-bond acceptors (Lipinski definition) is 3. The van der Waals surface area contributed by atoms with Gasteiger partial charge in [0.1, 0.15) is 11.2 Å². The Balaban J connectivity index is 1.22. The highest BCUT2D eigenvalue weighted by Crippen LogP contribution is 2.41. The average Bonchev–Trinajstić information content (AvgIpc) is 3.68. The van der Waals surface area contributed by atoms with Gasteiger partial charge < -0.3 is 8.98 Å². The topological polar surface area (TPSA) is 43.9 Å². The SMILES string of the molecule is c1ccc(-c2nc3ccccc3nc2-c2ccc(-n3c4ccccc4c4ccc5c(ccc6oc7ccccc7c65)c43)cc2)cc1. The Morgan fingerprint density at radius 3 is 1.78 bits per heavy atom. The van der Waals surface area contributed by atoms with Gasteiger partial charge in [0, 0.05) is 43.7 Å². The van der Waals surface area contributed by atoms with Crippen LogP contribution in [0.25, 0.3) is 93.8 Å². The van der Waals surface area contributed by atoms with E-state index >= 15 is 0 Å². The third-order valence-corrected chi connectivity index (χ3v) is 9.19. The molecule has 0 spiro atoms. The fraction of sp³-hybridized carbons (Fsp3) is 0. The van der Waals surface area contributed by atoms with Gasteiger partial charge in [-0.25, -0.2) is 9.97 Å². The summed E-state index contributed by atoms with van der Waals surface area (Å²) in [5.41, 5.74) is 10.9. The standard InChI is InChI=1S/C42H25N3O/c1-2-10-26(11-3-1)40-41(44-35-15-7-6-14-34(35)43-40)27-18-20-28(21-19-27)45-36-16-8-4-12-29(36)31-23-22-30-32(42(31)45)24-25-38-39(30)33-13-5-9-17-37(33)46-38/h1-25H. The van der Waals surface area contributed by atoms with Gasteiger partial charge in [0.2, 0.25) is 0 Å². The minimum absolute atomic E-state index is 0.873. The summed E-state index contributed by atoms with van der Waals surface area (Å²) >= 11 is 0. The van der Waals surface area contributed by atoms with Crippen LogP contribution in [-0.2, 0) is 0 Å². The molecule has 0 fully saturated rings. The second kappa shape index (κ2) is 9.62. The summed E-state index contributed by atoms with van der Waals surface area (Å²) in [6.45, 7) is 0. The van der Waals surface area contributed by atoms with Gasteiger partial charge in [0.05, 0.1) is 33.5 Å². The van der Waals surface area contributed by atoms with Crippen LogP contribution in [0.5, 0.6) is 0 Å². The molecule has 0 atom stereocenters. The lowest BCUT2D eigenvalue weighted by molar-refractivity contribution is 0.669. The maximum absolute atomic E-state index is 6.25. The predicted molar refractivity (Wildman–Crippen MR) is 190 cm³/mol. The first kappa shape index (κ1) is 25.1. The maximum Gasteiger partial charge on any atom is 0.136 e. The minimum atomic E-state index is 0.873. The maximum atomic E-state index is 6.25. The summed E-state index contributed by atoms with van der Waals surface area (Å²) in [4.78, 5) is 10.2. The summed E-state index contributed by atoms with van der Waals surface area (Å²) < 4.78 is 8.65. The van der Waals surface area contributed by atoms with Gasteiger partial charge in [-0.3, -0.25) is 0 Å². The Labute approximate surface area is 263 Å². The zero-order valence-corrected chi connectivity index (χ0v) is 24.7. The lowest BCUT2D eigenvalue weighted by Gasteiger charge is -2.13. The molecule has 7 aromatic carbocycles. The van der Waals surface area contributed by atoms with Crippen LogP contribution in [0.3, 0.4) is 0 Å². The number of aromatic nitrogens is 3. The molecule has 0 bridgehead atoms. The second-order valence-electron chi connectivity index (χ2n) is 11.8. The number of para-hydroxylation sites is 4. The third-order valence-electron chi connectivity index (χ3n) is 9.19. The van der Waals surface area contributed by atoms with E-state index in [1.807, 2.05) is 54.6 Å². The number of fused-ring (bicyclic) bond motifs is 10. The van der Waals surface area contributed by atoms with Crippen molar-refractivity contribution < 1.29 is 4.42 Å². The van der Waals surface area contributed by atoms with Crippen LogP contribution in [0, 0.1) is 0 Å². The van der Waals surface area contributed by atoms with Crippen molar-refractivity contribution in [2.45, 2.75) is 0 Å². The summed E-state index contributed by atoms with van der Waals surface area (Å²) in [6.07, 6.45) is 0. The molecule has 4 nitrogen and oxygen atoms in total. The molecule has 0 saturated heterocycles. The van der Waals surface area contributed by atoms with Crippen LogP contribution >= 0.6 is 0 Å². The molecule has 0 N–H and O–H groups in total. The zero-order valence-electron chi connectivity index (χ0n) is 24.7. The van der Waals surface area contributed by atoms with E-state index < -0.39 is 0 Å². The van der Waals surface area contributed by atoms with Crippen LogP contribution in [0.2, 0.25) is 0 Å². The average molecular weight is 588 g/mol. The molecule has 0 amide bonds. The van der Waals surface area contributed by atoms with Gasteiger partial charge in [0.25, 0.3) is 0 Å². The minimum Gasteiger partial charge on any atom is -0.456 e. The fourth-order valence-corrected chi connectivity index (χ4v) is 7.12. The molecule has 3 aromatic heterocycles. The van der Waals surface area contributed by atoms with E-state index in [2.05, 4.69) is 102 Å². The number of hydrogen-bond donors (Lipinski definition) is 0. The highest BCUT2D eigenvalue weighted by molar-refractivity contribution is 6.26. The van der Waals surface area contributed by atoms with Gasteiger partial charge in [-0.1, -0.05) is 103 Å². The number of nitrogens with zero attached hydrogens (tertiary/aromatic N) is 3. The van der Waals surface area contributed by atoms with E-state index in [4.69, 9.17) is 14.4 Å². The molecular formula is C42H25N3O. The molecule has 10 aromatic rings. The molecule has 0 radical (unpaired) electrons. The number of benzene rings is 7. The van der Waals surface area contributed by atoms with Crippen LogP contribution in [-0.4, -0.2) is 14.5 Å². The van der Waals surface area contributed by atoms with Crippen molar-refractivity contribution in [3.05, 3.63) is 152 Å². The molecule has 0 aliphatic rings. The van der Waals surface area contributed by atoms with E-state index in [-0.39, 0.29) is 0 Å². The van der Waals surface area contributed by atoms with Crippen LogP contribution in [0.1, 0.15) is 0 Å². The molecule has 0 saturated carbocycles. The van der Waals surface area contributed by atoms with Crippen molar-refractivity contribution in [1.29, 1.82) is 0 Å². The summed E-state index contributed by atoms with van der Waals surface area (Å²) in [7, 11) is 0. The van der Waals surface area contributed by atoms with Crippen molar-refractivity contribution in [3.8, 4) is 28.2 Å². The first-order valence-electron chi connectivity index (χ1n) is 15.5. The molecular weight excluding hydrogens is 562 g/mol. The summed E-state index contributed by atoms with van der Waals surface area (Å²) in [5, 5.41) is 7.14. The molecule has 46 heavy (non-hydrogen) atoms. The van der Waals surface area contributed by atoms with Gasteiger partial charge in [-0.15, -0.1) is 0 Å². The van der Waals surface area contributed by atoms with E-state index in [1.54, 1.807) is 0 Å². The molecule has 3 heterocycles.